The number of hydrogen-bond donors (Lipinski definition) is 1. The number of thiophene rings is 1. The average Bonchev–Trinajstić information content (AvgIpc) is 2.76. The molecule has 0 bridgehead atoms. The SMILES string of the molecule is CN(Cc1csc(Br)c1)C(=S)Nc1ccccc1. The number of hydrogen-bond acceptors (Lipinski definition) is 2. The normalized spacial score (nSPS) is 10.1. The Hall–Kier alpha value is -0.910. The van der Waals surface area contributed by atoms with E-state index in [1.807, 2.05) is 42.3 Å². The highest BCUT2D eigenvalue weighted by molar-refractivity contribution is 9.11. The van der Waals surface area contributed by atoms with Crippen LogP contribution >= 0.6 is 39.5 Å². The van der Waals surface area contributed by atoms with Gasteiger partial charge in [-0.1, -0.05) is 18.2 Å². The van der Waals surface area contributed by atoms with Crippen molar-refractivity contribution in [3.63, 3.8) is 0 Å². The van der Waals surface area contributed by atoms with Crippen molar-refractivity contribution >= 4 is 50.3 Å². The maximum atomic E-state index is 5.37. The molecule has 0 aliphatic carbocycles. The van der Waals surface area contributed by atoms with E-state index in [1.165, 1.54) is 5.56 Å². The monoisotopic (exact) mass is 340 g/mol. The van der Waals surface area contributed by atoms with Crippen LogP contribution < -0.4 is 5.32 Å². The molecule has 2 nitrogen and oxygen atoms in total. The molecule has 0 amide bonds. The van der Waals surface area contributed by atoms with E-state index in [0.29, 0.717) is 0 Å². The summed E-state index contributed by atoms with van der Waals surface area (Å²) < 4.78 is 1.15. The molecule has 0 radical (unpaired) electrons. The number of halogens is 1. The van der Waals surface area contributed by atoms with Crippen LogP contribution in [0.25, 0.3) is 0 Å². The standard InChI is InChI=1S/C13H13BrN2S2/c1-16(8-10-7-12(14)18-9-10)13(17)15-11-5-3-2-4-6-11/h2-7,9H,8H2,1H3,(H,15,17). The molecular formula is C13H13BrN2S2. The Morgan fingerprint density at radius 3 is 2.72 bits per heavy atom. The van der Waals surface area contributed by atoms with Gasteiger partial charge in [-0.25, -0.2) is 0 Å². The molecule has 1 aromatic carbocycles. The number of thiocarbonyl (C=S) groups is 1. The molecule has 2 rings (SSSR count). The van der Waals surface area contributed by atoms with Crippen LogP contribution in [0.2, 0.25) is 0 Å². The van der Waals surface area contributed by atoms with Crippen LogP contribution in [0.3, 0.4) is 0 Å². The van der Waals surface area contributed by atoms with E-state index in [9.17, 15) is 0 Å². The fourth-order valence-corrected chi connectivity index (χ4v) is 2.90. The molecular weight excluding hydrogens is 328 g/mol. The van der Waals surface area contributed by atoms with E-state index >= 15 is 0 Å². The number of nitrogens with one attached hydrogen (secondary N) is 1. The Balaban J connectivity index is 1.93. The molecule has 18 heavy (non-hydrogen) atoms. The minimum absolute atomic E-state index is 0.725. The van der Waals surface area contributed by atoms with Gasteiger partial charge in [0.2, 0.25) is 0 Å². The summed E-state index contributed by atoms with van der Waals surface area (Å²) in [6, 6.07) is 12.1. The first-order valence-corrected chi connectivity index (χ1v) is 7.53. The van der Waals surface area contributed by atoms with Crippen molar-refractivity contribution < 1.29 is 0 Å². The largest absolute Gasteiger partial charge is 0.348 e. The predicted molar refractivity (Wildman–Crippen MR) is 86.1 cm³/mol. The Bertz CT molecular complexity index is 525. The number of benzene rings is 1. The molecule has 94 valence electrons. The third-order valence-electron chi connectivity index (χ3n) is 2.41. The van der Waals surface area contributed by atoms with Gasteiger partial charge in [-0.3, -0.25) is 0 Å². The van der Waals surface area contributed by atoms with E-state index < -0.39 is 0 Å². The van der Waals surface area contributed by atoms with Gasteiger partial charge in [0.1, 0.15) is 0 Å². The summed E-state index contributed by atoms with van der Waals surface area (Å²) >= 11 is 10.5. The minimum Gasteiger partial charge on any atom is -0.348 e. The summed E-state index contributed by atoms with van der Waals surface area (Å²) in [6.07, 6.45) is 0. The van der Waals surface area contributed by atoms with E-state index in [-0.39, 0.29) is 0 Å². The molecule has 2 aromatic rings. The van der Waals surface area contributed by atoms with Crippen LogP contribution in [0.1, 0.15) is 5.56 Å². The highest BCUT2D eigenvalue weighted by Crippen LogP contribution is 2.21. The summed E-state index contributed by atoms with van der Waals surface area (Å²) in [6.45, 7) is 0.806. The molecule has 5 heteroatoms. The number of para-hydroxylation sites is 1. The van der Waals surface area contributed by atoms with Crippen LogP contribution in [0.5, 0.6) is 0 Å². The first-order valence-electron chi connectivity index (χ1n) is 5.45. The Morgan fingerprint density at radius 2 is 2.11 bits per heavy atom. The quantitative estimate of drug-likeness (QED) is 0.836. The predicted octanol–water partition coefficient (Wildman–Crippen LogP) is 4.34. The molecule has 0 saturated heterocycles. The van der Waals surface area contributed by atoms with Crippen molar-refractivity contribution in [2.45, 2.75) is 6.54 Å². The zero-order valence-electron chi connectivity index (χ0n) is 9.89. The molecule has 1 heterocycles. The third-order valence-corrected chi connectivity index (χ3v) is 4.38. The van der Waals surface area contributed by atoms with Crippen LogP contribution in [0, 0.1) is 0 Å². The van der Waals surface area contributed by atoms with Crippen LogP contribution in [0.4, 0.5) is 5.69 Å². The van der Waals surface area contributed by atoms with E-state index in [0.717, 1.165) is 21.1 Å². The molecule has 1 N–H and O–H groups in total. The zero-order valence-corrected chi connectivity index (χ0v) is 13.1. The molecule has 0 aliphatic heterocycles. The summed E-state index contributed by atoms with van der Waals surface area (Å²) in [5.41, 5.74) is 2.27. The highest BCUT2D eigenvalue weighted by Gasteiger charge is 2.06. The van der Waals surface area contributed by atoms with Gasteiger partial charge >= 0.3 is 0 Å². The second kappa shape index (κ2) is 6.31. The topological polar surface area (TPSA) is 15.3 Å². The number of anilines is 1. The van der Waals surface area contributed by atoms with E-state index in [2.05, 4.69) is 32.7 Å². The fraction of sp³-hybridized carbons (Fsp3) is 0.154. The summed E-state index contributed by atoms with van der Waals surface area (Å²) in [5, 5.41) is 6.07. The van der Waals surface area contributed by atoms with Gasteiger partial charge in [0.15, 0.2) is 5.11 Å². The maximum Gasteiger partial charge on any atom is 0.173 e. The third kappa shape index (κ3) is 3.80. The minimum atomic E-state index is 0.725. The van der Waals surface area contributed by atoms with Crippen molar-refractivity contribution in [3.05, 3.63) is 51.1 Å². The lowest BCUT2D eigenvalue weighted by molar-refractivity contribution is 0.509. The molecule has 0 fully saturated rings. The van der Waals surface area contributed by atoms with Gasteiger partial charge < -0.3 is 10.2 Å². The second-order valence-corrected chi connectivity index (χ2v) is 6.59. The lowest BCUT2D eigenvalue weighted by atomic mass is 10.3. The lowest BCUT2D eigenvalue weighted by Crippen LogP contribution is -2.30. The molecule has 0 saturated carbocycles. The molecule has 0 aliphatic rings. The Kier molecular flexibility index (Phi) is 4.74. The molecule has 0 atom stereocenters. The average molecular weight is 341 g/mol. The van der Waals surface area contributed by atoms with Crippen molar-refractivity contribution in [2.75, 3.05) is 12.4 Å². The first kappa shape index (κ1) is 13.5. The van der Waals surface area contributed by atoms with Crippen molar-refractivity contribution in [2.24, 2.45) is 0 Å². The number of rotatable bonds is 3. The Labute approximate surface area is 125 Å². The van der Waals surface area contributed by atoms with Crippen molar-refractivity contribution in [1.29, 1.82) is 0 Å². The molecule has 1 aromatic heterocycles. The van der Waals surface area contributed by atoms with E-state index in [4.69, 9.17) is 12.2 Å². The van der Waals surface area contributed by atoms with Crippen LogP contribution in [-0.4, -0.2) is 17.1 Å². The van der Waals surface area contributed by atoms with Crippen molar-refractivity contribution in [3.8, 4) is 0 Å². The Morgan fingerprint density at radius 1 is 1.39 bits per heavy atom. The number of nitrogens with zero attached hydrogens (tertiary/aromatic N) is 1. The maximum absolute atomic E-state index is 5.37. The fourth-order valence-electron chi connectivity index (χ4n) is 1.51. The zero-order chi connectivity index (χ0) is 13.0. The van der Waals surface area contributed by atoms with Gasteiger partial charge in [0, 0.05) is 19.3 Å². The van der Waals surface area contributed by atoms with Crippen LogP contribution in [-0.2, 0) is 6.54 Å². The van der Waals surface area contributed by atoms with Gasteiger partial charge in [0.25, 0.3) is 0 Å². The van der Waals surface area contributed by atoms with Crippen LogP contribution in [0.15, 0.2) is 45.6 Å². The first-order chi connectivity index (χ1) is 8.65. The summed E-state index contributed by atoms with van der Waals surface area (Å²) in [7, 11) is 1.99. The van der Waals surface area contributed by atoms with Gasteiger partial charge in [0.05, 0.1) is 3.79 Å². The van der Waals surface area contributed by atoms with Gasteiger partial charge in [-0.05, 0) is 57.3 Å². The lowest BCUT2D eigenvalue weighted by Gasteiger charge is -2.20. The molecule has 0 spiro atoms. The van der Waals surface area contributed by atoms with E-state index in [1.54, 1.807) is 11.3 Å². The van der Waals surface area contributed by atoms with Gasteiger partial charge in [-0.2, -0.15) is 0 Å². The van der Waals surface area contributed by atoms with Gasteiger partial charge in [-0.15, -0.1) is 11.3 Å². The summed E-state index contributed by atoms with van der Waals surface area (Å²) in [5.74, 6) is 0. The molecule has 0 unspecified atom stereocenters. The second-order valence-electron chi connectivity index (χ2n) is 3.91. The summed E-state index contributed by atoms with van der Waals surface area (Å²) in [4.78, 5) is 2.02. The highest BCUT2D eigenvalue weighted by atomic mass is 79.9. The smallest absolute Gasteiger partial charge is 0.173 e. The van der Waals surface area contributed by atoms with Crippen molar-refractivity contribution in [1.82, 2.24) is 4.90 Å².